The molecule has 1 unspecified atom stereocenters. The number of benzene rings is 2. The van der Waals surface area contributed by atoms with Gasteiger partial charge < -0.3 is 10.0 Å². The molecule has 0 aliphatic carbocycles. The van der Waals surface area contributed by atoms with Crippen molar-refractivity contribution in [1.29, 1.82) is 0 Å². The minimum atomic E-state index is -4.74. The molecule has 3 aromatic rings. The molecule has 6 nitrogen and oxygen atoms in total. The largest absolute Gasteiger partial charge is 0.502 e. The molecular weight excluding hydrogens is 486 g/mol. The first-order chi connectivity index (χ1) is 16.6. The minimum Gasteiger partial charge on any atom is -0.502 e. The lowest BCUT2D eigenvalue weighted by atomic mass is 9.94. The summed E-state index contributed by atoms with van der Waals surface area (Å²) in [5.41, 5.74) is 0.824. The number of aromatic nitrogens is 1. The lowest BCUT2D eigenvalue weighted by Crippen LogP contribution is -2.60. The second-order valence-corrected chi connectivity index (χ2v) is 9.38. The van der Waals surface area contributed by atoms with Crippen LogP contribution in [-0.2, 0) is 5.75 Å². The fourth-order valence-electron chi connectivity index (χ4n) is 4.47. The molecule has 0 spiro atoms. The van der Waals surface area contributed by atoms with E-state index in [0.717, 1.165) is 24.1 Å². The van der Waals surface area contributed by atoms with E-state index in [1.807, 2.05) is 18.2 Å². The Balaban J connectivity index is 1.78. The summed E-state index contributed by atoms with van der Waals surface area (Å²) >= 11 is 1.40. The number of fused-ring (bicyclic) bond motifs is 3. The van der Waals surface area contributed by atoms with E-state index in [-0.39, 0.29) is 0 Å². The number of rotatable bonds is 2. The van der Waals surface area contributed by atoms with E-state index in [1.165, 1.54) is 39.8 Å². The highest BCUT2D eigenvalue weighted by Crippen LogP contribution is 2.43. The van der Waals surface area contributed by atoms with Gasteiger partial charge in [-0.1, -0.05) is 30.3 Å². The zero-order chi connectivity index (χ0) is 25.1. The summed E-state index contributed by atoms with van der Waals surface area (Å²) in [4.78, 5) is 26.5. The smallest absolute Gasteiger partial charge is 0.408 e. The number of hydrogen-bond acceptors (Lipinski definition) is 5. The van der Waals surface area contributed by atoms with Crippen LogP contribution >= 0.6 is 11.8 Å². The van der Waals surface area contributed by atoms with Crippen LogP contribution in [0.5, 0.6) is 5.75 Å². The number of thioether (sulfide) groups is 1. The third-order valence-corrected chi connectivity index (χ3v) is 7.45. The monoisotopic (exact) mass is 505 g/mol. The van der Waals surface area contributed by atoms with E-state index >= 15 is 0 Å². The Morgan fingerprint density at radius 1 is 1.09 bits per heavy atom. The van der Waals surface area contributed by atoms with Crippen LogP contribution in [0, 0.1) is 5.82 Å². The average Bonchev–Trinajstić information content (AvgIpc) is 2.97. The van der Waals surface area contributed by atoms with E-state index in [0.29, 0.717) is 21.1 Å². The molecule has 0 radical (unpaired) electrons. The maximum atomic E-state index is 14.1. The van der Waals surface area contributed by atoms with Gasteiger partial charge in [-0.3, -0.25) is 19.3 Å². The molecule has 1 N–H and O–H groups in total. The van der Waals surface area contributed by atoms with Gasteiger partial charge in [-0.25, -0.2) is 4.39 Å². The number of amides is 1. The molecule has 2 aliphatic heterocycles. The molecule has 11 heteroatoms. The van der Waals surface area contributed by atoms with Crippen molar-refractivity contribution in [3.8, 4) is 5.75 Å². The minimum absolute atomic E-state index is 0.455. The van der Waals surface area contributed by atoms with Gasteiger partial charge in [0.2, 0.25) is 5.43 Å². The molecule has 0 fully saturated rings. The van der Waals surface area contributed by atoms with Crippen LogP contribution in [-0.4, -0.2) is 39.5 Å². The molecule has 5 rings (SSSR count). The first kappa shape index (κ1) is 23.3. The Morgan fingerprint density at radius 3 is 2.57 bits per heavy atom. The SMILES string of the molecule is C[C@@H](N1CN(C2c3ccccc3CSc3cc(F)ccc32)n2ccc(=O)c(O)c2C1=O)C(F)(F)F. The van der Waals surface area contributed by atoms with Crippen molar-refractivity contribution in [2.75, 3.05) is 11.7 Å². The maximum Gasteiger partial charge on any atom is 0.408 e. The van der Waals surface area contributed by atoms with Crippen LogP contribution < -0.4 is 10.4 Å². The second-order valence-electron chi connectivity index (χ2n) is 8.37. The van der Waals surface area contributed by atoms with E-state index in [2.05, 4.69) is 0 Å². The number of pyridine rings is 1. The molecule has 0 saturated carbocycles. The summed E-state index contributed by atoms with van der Waals surface area (Å²) in [6.07, 6.45) is -3.48. The predicted octanol–water partition coefficient (Wildman–Crippen LogP) is 4.39. The topological polar surface area (TPSA) is 65.8 Å². The molecule has 3 heterocycles. The maximum absolute atomic E-state index is 14.1. The molecule has 35 heavy (non-hydrogen) atoms. The Bertz CT molecular complexity index is 1390. The van der Waals surface area contributed by atoms with Crippen LogP contribution in [0.3, 0.4) is 0 Å². The summed E-state index contributed by atoms with van der Waals surface area (Å²) in [5, 5.41) is 12.0. The van der Waals surface area contributed by atoms with Crippen molar-refractivity contribution >= 4 is 17.7 Å². The van der Waals surface area contributed by atoms with Crippen LogP contribution in [0.2, 0.25) is 0 Å². The fourth-order valence-corrected chi connectivity index (χ4v) is 5.59. The van der Waals surface area contributed by atoms with Crippen LogP contribution in [0.1, 0.15) is 40.1 Å². The van der Waals surface area contributed by atoms with E-state index in [4.69, 9.17) is 0 Å². The summed E-state index contributed by atoms with van der Waals surface area (Å²) in [6, 6.07) is 9.66. The van der Waals surface area contributed by atoms with Crippen molar-refractivity contribution in [1.82, 2.24) is 9.58 Å². The third-order valence-electron chi connectivity index (χ3n) is 6.33. The van der Waals surface area contributed by atoms with E-state index < -0.39 is 53.5 Å². The van der Waals surface area contributed by atoms with Gasteiger partial charge in [0, 0.05) is 22.9 Å². The predicted molar refractivity (Wildman–Crippen MR) is 121 cm³/mol. The molecule has 1 aromatic heterocycles. The lowest BCUT2D eigenvalue weighted by molar-refractivity contribution is -0.173. The number of hydrogen-bond donors (Lipinski definition) is 1. The van der Waals surface area contributed by atoms with Crippen molar-refractivity contribution in [3.05, 3.63) is 93.2 Å². The molecule has 2 atom stereocenters. The van der Waals surface area contributed by atoms with Gasteiger partial charge in [-0.15, -0.1) is 11.8 Å². The van der Waals surface area contributed by atoms with Crippen LogP contribution in [0.25, 0.3) is 0 Å². The van der Waals surface area contributed by atoms with Gasteiger partial charge in [-0.05, 0) is 35.7 Å². The first-order valence-corrected chi connectivity index (χ1v) is 11.7. The Kier molecular flexibility index (Phi) is 5.54. The Hall–Kier alpha value is -3.47. The third kappa shape index (κ3) is 3.83. The van der Waals surface area contributed by atoms with Gasteiger partial charge in [0.05, 0.1) is 6.04 Å². The highest BCUT2D eigenvalue weighted by Gasteiger charge is 2.47. The van der Waals surface area contributed by atoms with Crippen molar-refractivity contribution in [2.45, 2.75) is 35.8 Å². The van der Waals surface area contributed by atoms with E-state index in [9.17, 15) is 32.3 Å². The summed E-state index contributed by atoms with van der Waals surface area (Å²) in [7, 11) is 0. The van der Waals surface area contributed by atoms with Crippen molar-refractivity contribution in [2.24, 2.45) is 0 Å². The number of nitrogens with zero attached hydrogens (tertiary/aromatic N) is 3. The summed E-state index contributed by atoms with van der Waals surface area (Å²) in [5.74, 6) is -2.00. The summed E-state index contributed by atoms with van der Waals surface area (Å²) in [6.45, 7) is 0.360. The van der Waals surface area contributed by atoms with Gasteiger partial charge in [0.25, 0.3) is 5.91 Å². The molecule has 2 aliphatic rings. The zero-order valence-electron chi connectivity index (χ0n) is 18.3. The second kappa shape index (κ2) is 8.33. The first-order valence-electron chi connectivity index (χ1n) is 10.7. The molecule has 0 saturated heterocycles. The van der Waals surface area contributed by atoms with E-state index in [1.54, 1.807) is 12.1 Å². The molecular formula is C24H19F4N3O3S. The van der Waals surface area contributed by atoms with Crippen molar-refractivity contribution in [3.63, 3.8) is 0 Å². The number of carbonyl (C=O) groups excluding carboxylic acids is 1. The lowest BCUT2D eigenvalue weighted by Gasteiger charge is -2.46. The molecule has 0 bridgehead atoms. The quantitative estimate of drug-likeness (QED) is 0.524. The molecule has 1 amide bonds. The Morgan fingerprint density at radius 2 is 1.83 bits per heavy atom. The van der Waals surface area contributed by atoms with Gasteiger partial charge in [0.1, 0.15) is 18.5 Å². The van der Waals surface area contributed by atoms with Crippen LogP contribution in [0.4, 0.5) is 17.6 Å². The zero-order valence-corrected chi connectivity index (χ0v) is 19.1. The normalized spacial score (nSPS) is 18.4. The fraction of sp³-hybridized carbons (Fsp3) is 0.250. The van der Waals surface area contributed by atoms with Crippen LogP contribution in [0.15, 0.2) is 64.4 Å². The highest BCUT2D eigenvalue weighted by molar-refractivity contribution is 7.98. The number of carbonyl (C=O) groups is 1. The van der Waals surface area contributed by atoms with Crippen molar-refractivity contribution < 1.29 is 27.5 Å². The van der Waals surface area contributed by atoms with Gasteiger partial charge in [-0.2, -0.15) is 13.2 Å². The highest BCUT2D eigenvalue weighted by atomic mass is 32.2. The average molecular weight is 505 g/mol. The summed E-state index contributed by atoms with van der Waals surface area (Å²) < 4.78 is 56.6. The Labute approximate surface area is 201 Å². The van der Waals surface area contributed by atoms with Gasteiger partial charge in [0.15, 0.2) is 11.4 Å². The molecule has 2 aromatic carbocycles. The standard InChI is InChI=1S/C24H19F4N3O3S/c1-13(24(26,27)28)29-12-31(30-9-8-18(32)22(33)21(30)23(29)34)20-16-5-3-2-4-14(16)11-35-19-10-15(25)6-7-17(19)20/h2-10,13,20,33H,11-12H2,1H3/t13-,20?/m1/s1. The number of alkyl halides is 3. The molecule has 182 valence electrons. The number of halogens is 4. The number of aromatic hydroxyl groups is 1. The van der Waals surface area contributed by atoms with Gasteiger partial charge >= 0.3 is 6.18 Å².